The van der Waals surface area contributed by atoms with Gasteiger partial charge in [0.15, 0.2) is 0 Å². The number of benzene rings is 1. The van der Waals surface area contributed by atoms with E-state index < -0.39 is 0 Å². The predicted molar refractivity (Wildman–Crippen MR) is 84.1 cm³/mol. The normalized spacial score (nSPS) is 33.5. The Balaban J connectivity index is 1.59. The fourth-order valence-corrected chi connectivity index (χ4v) is 4.90. The molecule has 0 aromatic heterocycles. The number of rotatable bonds is 3. The van der Waals surface area contributed by atoms with Crippen LogP contribution in [0.4, 0.5) is 5.69 Å². The molecule has 3 aliphatic rings. The molecule has 1 aromatic rings. The maximum absolute atomic E-state index is 13.0. The number of anilines is 1. The third-order valence-corrected chi connectivity index (χ3v) is 5.91. The zero-order valence-electron chi connectivity index (χ0n) is 12.5. The Labute approximate surface area is 126 Å². The molecular weight excluding hydrogens is 260 g/mol. The summed E-state index contributed by atoms with van der Waals surface area (Å²) in [5.74, 6) is 2.57. The van der Waals surface area contributed by atoms with Crippen LogP contribution in [0.15, 0.2) is 24.3 Å². The fourth-order valence-electron chi connectivity index (χ4n) is 4.90. The molecule has 112 valence electrons. The molecule has 0 radical (unpaired) electrons. The fraction of sp³-hybridized carbons (Fsp3) is 0.611. The van der Waals surface area contributed by atoms with Gasteiger partial charge in [-0.2, -0.15) is 0 Å². The van der Waals surface area contributed by atoms with E-state index in [1.807, 2.05) is 6.07 Å². The summed E-state index contributed by atoms with van der Waals surface area (Å²) < 4.78 is 0. The summed E-state index contributed by atoms with van der Waals surface area (Å²) in [6, 6.07) is 8.40. The summed E-state index contributed by atoms with van der Waals surface area (Å²) in [7, 11) is 0. The van der Waals surface area contributed by atoms with Gasteiger partial charge in [0.1, 0.15) is 0 Å². The van der Waals surface area contributed by atoms with E-state index in [4.69, 9.17) is 5.73 Å². The lowest BCUT2D eigenvalue weighted by Crippen LogP contribution is -2.37. The minimum absolute atomic E-state index is 0.286. The van der Waals surface area contributed by atoms with Crippen molar-refractivity contribution >= 4 is 11.6 Å². The standard InChI is InChI=1S/C18H24N2O/c19-8-7-14-11-20(17-4-2-1-3-15(14)17)18(21)16-10-12-5-6-13(16)9-12/h1-4,12-14,16H,5-11,19H2. The number of nitrogens with two attached hydrogens (primary N) is 1. The number of fused-ring (bicyclic) bond motifs is 3. The van der Waals surface area contributed by atoms with E-state index in [-0.39, 0.29) is 5.92 Å². The van der Waals surface area contributed by atoms with Gasteiger partial charge in [-0.3, -0.25) is 4.79 Å². The average Bonchev–Trinajstić information content (AvgIpc) is 3.21. The Bertz CT molecular complexity index is 556. The maximum atomic E-state index is 13.0. The smallest absolute Gasteiger partial charge is 0.230 e. The number of amides is 1. The zero-order valence-corrected chi connectivity index (χ0v) is 12.5. The van der Waals surface area contributed by atoms with Crippen LogP contribution in [0.5, 0.6) is 0 Å². The Morgan fingerprint density at radius 1 is 1.24 bits per heavy atom. The number of hydrogen-bond acceptors (Lipinski definition) is 2. The Morgan fingerprint density at radius 3 is 2.81 bits per heavy atom. The molecule has 2 fully saturated rings. The second-order valence-electron chi connectivity index (χ2n) is 7.06. The highest BCUT2D eigenvalue weighted by atomic mass is 16.2. The van der Waals surface area contributed by atoms with Crippen LogP contribution < -0.4 is 10.6 Å². The number of nitrogens with zero attached hydrogens (tertiary/aromatic N) is 1. The molecule has 3 nitrogen and oxygen atoms in total. The number of carbonyl (C=O) groups excluding carboxylic acids is 1. The van der Waals surface area contributed by atoms with Crippen molar-refractivity contribution in [1.82, 2.24) is 0 Å². The van der Waals surface area contributed by atoms with Crippen molar-refractivity contribution in [2.75, 3.05) is 18.0 Å². The Hall–Kier alpha value is -1.35. The van der Waals surface area contributed by atoms with Crippen LogP contribution in [0, 0.1) is 17.8 Å². The van der Waals surface area contributed by atoms with Crippen molar-refractivity contribution in [3.63, 3.8) is 0 Å². The van der Waals surface area contributed by atoms with Gasteiger partial charge in [0.25, 0.3) is 0 Å². The molecule has 2 N–H and O–H groups in total. The predicted octanol–water partition coefficient (Wildman–Crippen LogP) is 2.90. The molecule has 2 saturated carbocycles. The van der Waals surface area contributed by atoms with Gasteiger partial charge in [0.05, 0.1) is 0 Å². The third kappa shape index (κ3) is 2.10. The van der Waals surface area contributed by atoms with Gasteiger partial charge in [-0.05, 0) is 55.7 Å². The molecule has 0 saturated heterocycles. The lowest BCUT2D eigenvalue weighted by atomic mass is 9.87. The summed E-state index contributed by atoms with van der Waals surface area (Å²) in [6.45, 7) is 1.53. The van der Waals surface area contributed by atoms with Crippen LogP contribution >= 0.6 is 0 Å². The monoisotopic (exact) mass is 284 g/mol. The van der Waals surface area contributed by atoms with Crippen molar-refractivity contribution in [2.45, 2.75) is 38.0 Å². The maximum Gasteiger partial charge on any atom is 0.230 e. The molecule has 1 aliphatic heterocycles. The van der Waals surface area contributed by atoms with Gasteiger partial charge in [0, 0.05) is 24.1 Å². The average molecular weight is 284 g/mol. The molecular formula is C18H24N2O. The van der Waals surface area contributed by atoms with E-state index in [0.717, 1.165) is 31.0 Å². The first kappa shape index (κ1) is 13.3. The van der Waals surface area contributed by atoms with E-state index in [1.54, 1.807) is 0 Å². The largest absolute Gasteiger partial charge is 0.330 e. The molecule has 1 heterocycles. The van der Waals surface area contributed by atoms with Crippen LogP contribution in [0.25, 0.3) is 0 Å². The summed E-state index contributed by atoms with van der Waals surface area (Å²) >= 11 is 0. The topological polar surface area (TPSA) is 46.3 Å². The summed E-state index contributed by atoms with van der Waals surface area (Å²) in [4.78, 5) is 15.1. The third-order valence-electron chi connectivity index (χ3n) is 5.91. The second kappa shape index (κ2) is 5.13. The summed E-state index contributed by atoms with van der Waals surface area (Å²) in [5, 5.41) is 0. The Morgan fingerprint density at radius 2 is 2.10 bits per heavy atom. The lowest BCUT2D eigenvalue weighted by molar-refractivity contribution is -0.123. The molecule has 1 aromatic carbocycles. The van der Waals surface area contributed by atoms with E-state index in [9.17, 15) is 4.79 Å². The SMILES string of the molecule is NCCC1CN(C(=O)C2CC3CCC2C3)c2ccccc21. The van der Waals surface area contributed by atoms with Crippen LogP contribution in [0.1, 0.15) is 43.6 Å². The van der Waals surface area contributed by atoms with Gasteiger partial charge < -0.3 is 10.6 Å². The molecule has 4 atom stereocenters. The molecule has 2 bridgehead atoms. The van der Waals surface area contributed by atoms with Crippen molar-refractivity contribution < 1.29 is 4.79 Å². The van der Waals surface area contributed by atoms with E-state index in [1.165, 1.54) is 24.8 Å². The first-order valence-electron chi connectivity index (χ1n) is 8.38. The highest BCUT2D eigenvalue weighted by Gasteiger charge is 2.46. The van der Waals surface area contributed by atoms with Crippen molar-refractivity contribution in [2.24, 2.45) is 23.5 Å². The number of para-hydroxylation sites is 1. The first-order chi connectivity index (χ1) is 10.3. The minimum atomic E-state index is 0.286. The zero-order chi connectivity index (χ0) is 14.4. The molecule has 3 heteroatoms. The Kier molecular flexibility index (Phi) is 3.26. The molecule has 2 aliphatic carbocycles. The first-order valence-corrected chi connectivity index (χ1v) is 8.38. The van der Waals surface area contributed by atoms with Crippen molar-refractivity contribution in [1.29, 1.82) is 0 Å². The van der Waals surface area contributed by atoms with Gasteiger partial charge in [-0.1, -0.05) is 24.6 Å². The minimum Gasteiger partial charge on any atom is -0.330 e. The van der Waals surface area contributed by atoms with Crippen LogP contribution in [0.3, 0.4) is 0 Å². The van der Waals surface area contributed by atoms with Gasteiger partial charge in [0.2, 0.25) is 5.91 Å². The molecule has 0 spiro atoms. The highest BCUT2D eigenvalue weighted by molar-refractivity contribution is 5.97. The van der Waals surface area contributed by atoms with Gasteiger partial charge >= 0.3 is 0 Å². The van der Waals surface area contributed by atoms with E-state index in [2.05, 4.69) is 23.1 Å². The highest BCUT2D eigenvalue weighted by Crippen LogP contribution is 2.50. The summed E-state index contributed by atoms with van der Waals surface area (Å²) in [6.07, 6.45) is 6.00. The summed E-state index contributed by atoms with van der Waals surface area (Å²) in [5.41, 5.74) is 8.22. The molecule has 21 heavy (non-hydrogen) atoms. The van der Waals surface area contributed by atoms with Crippen LogP contribution in [-0.4, -0.2) is 19.0 Å². The van der Waals surface area contributed by atoms with Gasteiger partial charge in [-0.15, -0.1) is 0 Å². The van der Waals surface area contributed by atoms with Crippen molar-refractivity contribution in [3.8, 4) is 0 Å². The lowest BCUT2D eigenvalue weighted by Gasteiger charge is -2.27. The second-order valence-corrected chi connectivity index (χ2v) is 7.06. The quantitative estimate of drug-likeness (QED) is 0.927. The van der Waals surface area contributed by atoms with Crippen LogP contribution in [0.2, 0.25) is 0 Å². The van der Waals surface area contributed by atoms with E-state index >= 15 is 0 Å². The number of carbonyl (C=O) groups is 1. The number of hydrogen-bond donors (Lipinski definition) is 1. The molecule has 4 rings (SSSR count). The van der Waals surface area contributed by atoms with Gasteiger partial charge in [-0.25, -0.2) is 0 Å². The van der Waals surface area contributed by atoms with E-state index in [0.29, 0.717) is 24.3 Å². The molecule has 4 unspecified atom stereocenters. The molecule has 1 amide bonds. The van der Waals surface area contributed by atoms with Crippen molar-refractivity contribution in [3.05, 3.63) is 29.8 Å². The van der Waals surface area contributed by atoms with Crippen LogP contribution in [-0.2, 0) is 4.79 Å².